The second-order valence-corrected chi connectivity index (χ2v) is 6.83. The molecular weight excluding hydrogens is 376 g/mol. The normalized spacial score (nSPS) is 15.5. The number of nitro benzene ring substituents is 1. The second kappa shape index (κ2) is 8.17. The Hall–Kier alpha value is -3.62. The van der Waals surface area contributed by atoms with Crippen molar-refractivity contribution in [2.45, 2.75) is 20.1 Å². The van der Waals surface area contributed by atoms with Gasteiger partial charge in [-0.05, 0) is 30.7 Å². The molecule has 2 aromatic rings. The number of aryl methyl sites for hydroxylation is 1. The molecule has 1 atom stereocenters. The van der Waals surface area contributed by atoms with Gasteiger partial charge in [0.05, 0.1) is 4.92 Å². The summed E-state index contributed by atoms with van der Waals surface area (Å²) in [5, 5.41) is 16.6. The van der Waals surface area contributed by atoms with Crippen LogP contribution in [-0.2, 0) is 9.53 Å². The topological polar surface area (TPSA) is 97.5 Å². The predicted molar refractivity (Wildman–Crippen MR) is 108 cm³/mol. The number of amides is 1. The van der Waals surface area contributed by atoms with Crippen LogP contribution in [0.15, 0.2) is 47.6 Å². The molecule has 0 saturated carbocycles. The molecular formula is C20H22N4O5. The third-order valence-corrected chi connectivity index (χ3v) is 4.37. The van der Waals surface area contributed by atoms with E-state index >= 15 is 0 Å². The number of nitro groups is 1. The van der Waals surface area contributed by atoms with E-state index in [0.29, 0.717) is 0 Å². The van der Waals surface area contributed by atoms with Gasteiger partial charge in [-0.1, -0.05) is 18.2 Å². The monoisotopic (exact) mass is 398 g/mol. The van der Waals surface area contributed by atoms with Gasteiger partial charge in [-0.15, -0.1) is 5.10 Å². The van der Waals surface area contributed by atoms with Crippen LogP contribution in [0, 0.1) is 17.0 Å². The predicted octanol–water partition coefficient (Wildman–Crippen LogP) is 3.24. The molecule has 9 nitrogen and oxygen atoms in total. The smallest absolute Gasteiger partial charge is 0.311 e. The molecule has 0 radical (unpaired) electrons. The fraction of sp³-hybridized carbons (Fsp3) is 0.300. The molecule has 0 aromatic heterocycles. The van der Waals surface area contributed by atoms with Crippen molar-refractivity contribution >= 4 is 23.2 Å². The first-order chi connectivity index (χ1) is 13.8. The molecule has 0 saturated heterocycles. The minimum absolute atomic E-state index is 0.111. The summed E-state index contributed by atoms with van der Waals surface area (Å²) < 4.78 is 11.4. The first-order valence-corrected chi connectivity index (χ1v) is 8.95. The molecule has 1 amide bonds. The minimum atomic E-state index is -0.713. The van der Waals surface area contributed by atoms with Crippen molar-refractivity contribution in [1.29, 1.82) is 0 Å². The highest BCUT2D eigenvalue weighted by atomic mass is 16.6. The maximum absolute atomic E-state index is 12.0. The maximum atomic E-state index is 12.0. The summed E-state index contributed by atoms with van der Waals surface area (Å²) in [4.78, 5) is 24.7. The molecule has 2 aromatic carbocycles. The zero-order chi connectivity index (χ0) is 21.1. The van der Waals surface area contributed by atoms with Crippen molar-refractivity contribution in [3.63, 3.8) is 0 Å². The zero-order valence-electron chi connectivity index (χ0n) is 16.7. The molecule has 3 rings (SSSR count). The summed E-state index contributed by atoms with van der Waals surface area (Å²) >= 11 is 0. The number of carbonyl (C=O) groups excluding carboxylic acids is 1. The molecule has 29 heavy (non-hydrogen) atoms. The number of benzene rings is 2. The summed E-state index contributed by atoms with van der Waals surface area (Å²) in [6.45, 7) is 3.01. The van der Waals surface area contributed by atoms with E-state index in [2.05, 4.69) is 5.10 Å². The molecule has 152 valence electrons. The van der Waals surface area contributed by atoms with Crippen LogP contribution in [0.25, 0.3) is 0 Å². The van der Waals surface area contributed by atoms with Gasteiger partial charge < -0.3 is 14.4 Å². The zero-order valence-corrected chi connectivity index (χ0v) is 16.7. The van der Waals surface area contributed by atoms with Crippen LogP contribution in [0.4, 0.5) is 11.4 Å². The number of rotatable bonds is 6. The molecule has 1 aliphatic rings. The van der Waals surface area contributed by atoms with E-state index in [1.807, 2.05) is 43.3 Å². The largest absolute Gasteiger partial charge is 0.477 e. The number of anilines is 1. The van der Waals surface area contributed by atoms with Gasteiger partial charge in [0, 0.05) is 38.3 Å². The van der Waals surface area contributed by atoms with Gasteiger partial charge in [0.15, 0.2) is 12.4 Å². The fourth-order valence-corrected chi connectivity index (χ4v) is 2.85. The number of hydrogen-bond donors (Lipinski definition) is 0. The molecule has 0 bridgehead atoms. The Morgan fingerprint density at radius 2 is 1.97 bits per heavy atom. The lowest BCUT2D eigenvalue weighted by Gasteiger charge is -2.20. The van der Waals surface area contributed by atoms with Crippen LogP contribution in [-0.4, -0.2) is 42.4 Å². The Bertz CT molecular complexity index is 956. The number of hydrogen-bond acceptors (Lipinski definition) is 7. The van der Waals surface area contributed by atoms with Crippen molar-refractivity contribution in [2.75, 3.05) is 25.6 Å². The number of ether oxygens (including phenoxy) is 2. The van der Waals surface area contributed by atoms with Crippen molar-refractivity contribution in [1.82, 2.24) is 5.01 Å². The SMILES string of the molecule is CC(=O)N1N=C(COc2ccc(C)cc2[N+](=O)[O-])OC1c1ccc(N(C)C)cc1. The molecule has 1 unspecified atom stereocenters. The molecule has 0 N–H and O–H groups in total. The molecule has 0 fully saturated rings. The molecule has 0 spiro atoms. The quantitative estimate of drug-likeness (QED) is 0.547. The summed E-state index contributed by atoms with van der Waals surface area (Å²) in [5.74, 6) is -0.0141. The highest BCUT2D eigenvalue weighted by Crippen LogP contribution is 2.31. The van der Waals surface area contributed by atoms with Crippen LogP contribution >= 0.6 is 0 Å². The standard InChI is InChI=1S/C20H22N4O5/c1-13-5-10-18(17(11-13)24(26)27)28-12-19-21-23(14(2)25)20(29-19)15-6-8-16(9-7-15)22(3)4/h5-11,20H,12H2,1-4H3. The van der Waals surface area contributed by atoms with Crippen molar-refractivity contribution in [2.24, 2.45) is 5.10 Å². The lowest BCUT2D eigenvalue weighted by molar-refractivity contribution is -0.385. The molecule has 1 heterocycles. The lowest BCUT2D eigenvalue weighted by atomic mass is 10.1. The lowest BCUT2D eigenvalue weighted by Crippen LogP contribution is -2.25. The van der Waals surface area contributed by atoms with Crippen LogP contribution in [0.2, 0.25) is 0 Å². The van der Waals surface area contributed by atoms with Crippen molar-refractivity contribution < 1.29 is 19.2 Å². The Morgan fingerprint density at radius 3 is 2.55 bits per heavy atom. The van der Waals surface area contributed by atoms with Crippen LogP contribution in [0.5, 0.6) is 5.75 Å². The van der Waals surface area contributed by atoms with Gasteiger partial charge in [0.1, 0.15) is 0 Å². The highest BCUT2D eigenvalue weighted by molar-refractivity contribution is 5.83. The van der Waals surface area contributed by atoms with E-state index in [1.54, 1.807) is 13.0 Å². The first-order valence-electron chi connectivity index (χ1n) is 8.95. The summed E-state index contributed by atoms with van der Waals surface area (Å²) in [7, 11) is 3.87. The van der Waals surface area contributed by atoms with E-state index in [-0.39, 0.29) is 29.8 Å². The molecule has 1 aliphatic heterocycles. The van der Waals surface area contributed by atoms with Crippen LogP contribution in [0.3, 0.4) is 0 Å². The average molecular weight is 398 g/mol. The summed E-state index contributed by atoms with van der Waals surface area (Å²) in [6, 6.07) is 12.2. The average Bonchev–Trinajstić information content (AvgIpc) is 3.11. The van der Waals surface area contributed by atoms with E-state index in [9.17, 15) is 14.9 Å². The van der Waals surface area contributed by atoms with E-state index in [1.165, 1.54) is 24.1 Å². The van der Waals surface area contributed by atoms with Gasteiger partial charge in [-0.3, -0.25) is 14.9 Å². The van der Waals surface area contributed by atoms with Gasteiger partial charge in [-0.2, -0.15) is 5.01 Å². The third kappa shape index (κ3) is 4.45. The number of carbonyl (C=O) groups is 1. The van der Waals surface area contributed by atoms with Crippen molar-refractivity contribution in [3.05, 3.63) is 63.7 Å². The van der Waals surface area contributed by atoms with Gasteiger partial charge in [-0.25, -0.2) is 0 Å². The van der Waals surface area contributed by atoms with E-state index in [0.717, 1.165) is 16.8 Å². The van der Waals surface area contributed by atoms with Crippen LogP contribution < -0.4 is 9.64 Å². The minimum Gasteiger partial charge on any atom is -0.477 e. The fourth-order valence-electron chi connectivity index (χ4n) is 2.85. The van der Waals surface area contributed by atoms with Gasteiger partial charge >= 0.3 is 5.69 Å². The van der Waals surface area contributed by atoms with Crippen molar-refractivity contribution in [3.8, 4) is 5.75 Å². The Kier molecular flexibility index (Phi) is 5.67. The maximum Gasteiger partial charge on any atom is 0.311 e. The van der Waals surface area contributed by atoms with E-state index in [4.69, 9.17) is 9.47 Å². The number of hydrazone groups is 1. The molecule has 0 aliphatic carbocycles. The van der Waals surface area contributed by atoms with Crippen LogP contribution in [0.1, 0.15) is 24.3 Å². The first kappa shape index (κ1) is 20.1. The van der Waals surface area contributed by atoms with Gasteiger partial charge in [0.2, 0.25) is 18.0 Å². The molecule has 9 heteroatoms. The third-order valence-electron chi connectivity index (χ3n) is 4.37. The second-order valence-electron chi connectivity index (χ2n) is 6.83. The summed E-state index contributed by atoms with van der Waals surface area (Å²) in [6.07, 6.45) is -0.713. The Balaban J connectivity index is 1.76. The Labute approximate surface area is 168 Å². The van der Waals surface area contributed by atoms with Gasteiger partial charge in [0.25, 0.3) is 0 Å². The van der Waals surface area contributed by atoms with E-state index < -0.39 is 11.2 Å². The highest BCUT2D eigenvalue weighted by Gasteiger charge is 2.33. The number of nitrogens with zero attached hydrogens (tertiary/aromatic N) is 4. The Morgan fingerprint density at radius 1 is 1.28 bits per heavy atom. The summed E-state index contributed by atoms with van der Waals surface area (Å²) in [5.41, 5.74) is 2.38.